The second-order valence-electron chi connectivity index (χ2n) is 4.26. The summed E-state index contributed by atoms with van der Waals surface area (Å²) in [4.78, 5) is 11.6. The minimum absolute atomic E-state index is 0.143. The summed E-state index contributed by atoms with van der Waals surface area (Å²) in [5.41, 5.74) is 1.49. The number of fused-ring (bicyclic) bond motifs is 1. The lowest BCUT2D eigenvalue weighted by molar-refractivity contribution is 0.0961. The molecule has 2 N–H and O–H groups in total. The number of nitrogens with one attached hydrogen (secondary N) is 1. The van der Waals surface area contributed by atoms with Crippen LogP contribution in [0.3, 0.4) is 0 Å². The van der Waals surface area contributed by atoms with Gasteiger partial charge in [-0.05, 0) is 33.1 Å². The highest BCUT2D eigenvalue weighted by molar-refractivity contribution is 9.10. The number of carbonyl (C=O) groups excluding carboxylic acids is 1. The molecular weight excluding hydrogens is 289 g/mol. The highest BCUT2D eigenvalue weighted by Gasteiger charge is 2.32. The predicted molar refractivity (Wildman–Crippen MR) is 65.6 cm³/mol. The Balaban J connectivity index is 2.61. The van der Waals surface area contributed by atoms with Crippen LogP contribution in [0, 0.1) is 5.82 Å². The fraction of sp³-hybridized carbons (Fsp3) is 0.417. The fourth-order valence-electron chi connectivity index (χ4n) is 2.19. The number of hydrogen-bond donors (Lipinski definition) is 2. The van der Waals surface area contributed by atoms with Gasteiger partial charge in [-0.1, -0.05) is 6.92 Å². The lowest BCUT2D eigenvalue weighted by Gasteiger charge is -2.11. The zero-order chi connectivity index (χ0) is 12.7. The SMILES string of the molecule is CNC(=O)c1cc2c(c(F)c1Br)C[C@H](O)[C@H]2C. The molecule has 1 aliphatic carbocycles. The lowest BCUT2D eigenvalue weighted by atomic mass is 9.99. The van der Waals surface area contributed by atoms with E-state index in [1.54, 1.807) is 6.07 Å². The molecule has 2 rings (SSSR count). The lowest BCUT2D eigenvalue weighted by Crippen LogP contribution is -2.19. The van der Waals surface area contributed by atoms with E-state index < -0.39 is 11.9 Å². The van der Waals surface area contributed by atoms with Crippen LogP contribution in [0.15, 0.2) is 10.5 Å². The van der Waals surface area contributed by atoms with Crippen molar-refractivity contribution in [3.8, 4) is 0 Å². The molecule has 0 unspecified atom stereocenters. The Labute approximate surface area is 107 Å². The third kappa shape index (κ3) is 1.87. The molecule has 1 aromatic carbocycles. The van der Waals surface area contributed by atoms with Crippen LogP contribution in [-0.2, 0) is 6.42 Å². The third-order valence-electron chi connectivity index (χ3n) is 3.30. The first-order valence-corrected chi connectivity index (χ1v) is 6.17. The van der Waals surface area contributed by atoms with Gasteiger partial charge in [-0.2, -0.15) is 0 Å². The molecular formula is C12H13BrFNO2. The molecule has 1 amide bonds. The van der Waals surface area contributed by atoms with Gasteiger partial charge in [0.1, 0.15) is 5.82 Å². The molecule has 0 spiro atoms. The zero-order valence-corrected chi connectivity index (χ0v) is 11.1. The summed E-state index contributed by atoms with van der Waals surface area (Å²) in [7, 11) is 1.50. The predicted octanol–water partition coefficient (Wildman–Crippen LogP) is 1.97. The van der Waals surface area contributed by atoms with Gasteiger partial charge in [-0.25, -0.2) is 4.39 Å². The van der Waals surface area contributed by atoms with E-state index in [4.69, 9.17) is 0 Å². The van der Waals surface area contributed by atoms with Crippen LogP contribution in [0.1, 0.15) is 34.3 Å². The van der Waals surface area contributed by atoms with Crippen molar-refractivity contribution in [2.24, 2.45) is 0 Å². The number of benzene rings is 1. The number of hydrogen-bond acceptors (Lipinski definition) is 2. The van der Waals surface area contributed by atoms with Gasteiger partial charge in [-0.3, -0.25) is 4.79 Å². The number of aliphatic hydroxyl groups excluding tert-OH is 1. The van der Waals surface area contributed by atoms with E-state index >= 15 is 0 Å². The molecule has 0 aliphatic heterocycles. The van der Waals surface area contributed by atoms with Gasteiger partial charge >= 0.3 is 0 Å². The number of carbonyl (C=O) groups is 1. The molecule has 5 heteroatoms. The van der Waals surface area contributed by atoms with Crippen LogP contribution in [0.4, 0.5) is 4.39 Å². The average molecular weight is 302 g/mol. The van der Waals surface area contributed by atoms with Gasteiger partial charge in [0.15, 0.2) is 0 Å². The van der Waals surface area contributed by atoms with E-state index in [9.17, 15) is 14.3 Å². The minimum Gasteiger partial charge on any atom is -0.392 e. The van der Waals surface area contributed by atoms with Crippen LogP contribution in [-0.4, -0.2) is 24.2 Å². The monoisotopic (exact) mass is 301 g/mol. The Morgan fingerprint density at radius 3 is 2.88 bits per heavy atom. The summed E-state index contributed by atoms with van der Waals surface area (Å²) in [5, 5.41) is 12.2. The van der Waals surface area contributed by atoms with E-state index in [1.165, 1.54) is 7.05 Å². The molecule has 0 fully saturated rings. The molecule has 0 heterocycles. The summed E-state index contributed by atoms with van der Waals surface area (Å²) < 4.78 is 14.2. The maximum Gasteiger partial charge on any atom is 0.252 e. The van der Waals surface area contributed by atoms with Crippen molar-refractivity contribution in [3.05, 3.63) is 33.0 Å². The molecule has 17 heavy (non-hydrogen) atoms. The first kappa shape index (κ1) is 12.5. The average Bonchev–Trinajstić information content (AvgIpc) is 2.60. The number of aliphatic hydroxyl groups is 1. The number of rotatable bonds is 1. The smallest absolute Gasteiger partial charge is 0.252 e. The standard InChI is InChI=1S/C12H13BrFNO2/c1-5-6-3-8(12(17)15-2)10(13)11(14)7(6)4-9(5)16/h3,5,9,16H,4H2,1-2H3,(H,15,17)/t5-,9-/m0/s1. The van der Waals surface area contributed by atoms with Gasteiger partial charge in [0.05, 0.1) is 16.1 Å². The van der Waals surface area contributed by atoms with Crippen LogP contribution in [0.5, 0.6) is 0 Å². The molecule has 92 valence electrons. The first-order chi connectivity index (χ1) is 7.97. The zero-order valence-electron chi connectivity index (χ0n) is 9.55. The third-order valence-corrected chi connectivity index (χ3v) is 4.07. The highest BCUT2D eigenvalue weighted by atomic mass is 79.9. The summed E-state index contributed by atoms with van der Waals surface area (Å²) in [5.74, 6) is -0.923. The normalized spacial score (nSPS) is 22.4. The maximum absolute atomic E-state index is 14.1. The van der Waals surface area contributed by atoms with Crippen molar-refractivity contribution < 1.29 is 14.3 Å². The van der Waals surface area contributed by atoms with Crippen molar-refractivity contribution in [2.45, 2.75) is 25.4 Å². The second kappa shape index (κ2) is 4.38. The van der Waals surface area contributed by atoms with E-state index in [0.717, 1.165) is 5.56 Å². The molecule has 1 aromatic rings. The molecule has 2 atom stereocenters. The van der Waals surface area contributed by atoms with Crippen LogP contribution in [0.25, 0.3) is 0 Å². The Morgan fingerprint density at radius 1 is 1.65 bits per heavy atom. The van der Waals surface area contributed by atoms with Gasteiger partial charge in [0.2, 0.25) is 0 Å². The summed E-state index contributed by atoms with van der Waals surface area (Å²) in [6.45, 7) is 1.83. The Bertz CT molecular complexity index is 490. The van der Waals surface area contributed by atoms with Crippen LogP contribution < -0.4 is 5.32 Å². The van der Waals surface area contributed by atoms with Gasteiger partial charge < -0.3 is 10.4 Å². The highest BCUT2D eigenvalue weighted by Crippen LogP contribution is 2.38. The quantitative estimate of drug-likeness (QED) is 0.833. The Morgan fingerprint density at radius 2 is 2.29 bits per heavy atom. The molecule has 0 saturated heterocycles. The summed E-state index contributed by atoms with van der Waals surface area (Å²) >= 11 is 3.10. The fourth-order valence-corrected chi connectivity index (χ4v) is 2.72. The Kier molecular flexibility index (Phi) is 3.23. The summed E-state index contributed by atoms with van der Waals surface area (Å²) in [6, 6.07) is 1.65. The van der Waals surface area contributed by atoms with E-state index in [0.29, 0.717) is 12.0 Å². The van der Waals surface area contributed by atoms with E-state index in [2.05, 4.69) is 21.2 Å². The van der Waals surface area contributed by atoms with Crippen molar-refractivity contribution in [1.29, 1.82) is 0 Å². The Hall–Kier alpha value is -0.940. The number of halogens is 2. The molecule has 0 aromatic heterocycles. The topological polar surface area (TPSA) is 49.3 Å². The summed E-state index contributed by atoms with van der Waals surface area (Å²) in [6.07, 6.45) is -0.277. The van der Waals surface area contributed by atoms with Gasteiger partial charge in [0.25, 0.3) is 5.91 Å². The molecule has 0 saturated carbocycles. The molecule has 3 nitrogen and oxygen atoms in total. The van der Waals surface area contributed by atoms with Crippen molar-refractivity contribution >= 4 is 21.8 Å². The largest absolute Gasteiger partial charge is 0.392 e. The maximum atomic E-state index is 14.1. The molecule has 1 aliphatic rings. The second-order valence-corrected chi connectivity index (χ2v) is 5.05. The van der Waals surface area contributed by atoms with Gasteiger partial charge in [-0.15, -0.1) is 0 Å². The van der Waals surface area contributed by atoms with E-state index in [-0.39, 0.29) is 21.9 Å². The number of amides is 1. The van der Waals surface area contributed by atoms with Crippen molar-refractivity contribution in [3.63, 3.8) is 0 Å². The van der Waals surface area contributed by atoms with Crippen LogP contribution >= 0.6 is 15.9 Å². The molecule has 0 bridgehead atoms. The van der Waals surface area contributed by atoms with Crippen molar-refractivity contribution in [1.82, 2.24) is 5.32 Å². The van der Waals surface area contributed by atoms with Gasteiger partial charge in [0, 0.05) is 19.4 Å². The molecule has 0 radical (unpaired) electrons. The van der Waals surface area contributed by atoms with Crippen LogP contribution in [0.2, 0.25) is 0 Å². The minimum atomic E-state index is -0.577. The first-order valence-electron chi connectivity index (χ1n) is 5.38. The van der Waals surface area contributed by atoms with E-state index in [1.807, 2.05) is 6.92 Å². The van der Waals surface area contributed by atoms with Crippen molar-refractivity contribution in [2.75, 3.05) is 7.05 Å².